The lowest BCUT2D eigenvalue weighted by atomic mass is 10.0. The Hall–Kier alpha value is -7.69. The van der Waals surface area contributed by atoms with Crippen molar-refractivity contribution in [2.45, 2.75) is 84.2 Å². The molecule has 0 aliphatic carbocycles. The molecule has 0 radical (unpaired) electrons. The van der Waals surface area contributed by atoms with Gasteiger partial charge in [-0.1, -0.05) is 32.3 Å². The quantitative estimate of drug-likeness (QED) is 0.0599. The van der Waals surface area contributed by atoms with Crippen molar-refractivity contribution in [2.75, 3.05) is 24.4 Å². The molecule has 2 aliphatic rings. The number of hydrogen-bond acceptors (Lipinski definition) is 11. The molecule has 0 saturated carbocycles. The summed E-state index contributed by atoms with van der Waals surface area (Å²) in [7, 11) is 3.29. The summed E-state index contributed by atoms with van der Waals surface area (Å²) < 4.78 is 35.0. The number of pyridine rings is 1. The fourth-order valence-corrected chi connectivity index (χ4v) is 8.52. The van der Waals surface area contributed by atoms with Crippen LogP contribution in [0, 0.1) is 12.7 Å². The zero-order valence-electron chi connectivity index (χ0n) is 37.6. The van der Waals surface area contributed by atoms with Crippen molar-refractivity contribution in [1.82, 2.24) is 24.8 Å². The number of carbonyl (C=O) groups is 5. The van der Waals surface area contributed by atoms with Gasteiger partial charge in [0.15, 0.2) is 23.1 Å². The van der Waals surface area contributed by atoms with Gasteiger partial charge in [0.2, 0.25) is 29.0 Å². The van der Waals surface area contributed by atoms with E-state index in [1.165, 1.54) is 30.5 Å². The molecule has 17 heteroatoms. The number of methoxy groups -OCH3 is 1. The first-order chi connectivity index (χ1) is 32.3. The highest BCUT2D eigenvalue weighted by molar-refractivity contribution is 6.07. The van der Waals surface area contributed by atoms with E-state index in [0.29, 0.717) is 69.7 Å². The number of rotatable bonds is 17. The van der Waals surface area contributed by atoms with Gasteiger partial charge in [-0.2, -0.15) is 0 Å². The summed E-state index contributed by atoms with van der Waals surface area (Å²) in [5.41, 5.74) is 4.14. The summed E-state index contributed by atoms with van der Waals surface area (Å²) in [6.07, 6.45) is 6.88. The van der Waals surface area contributed by atoms with Crippen LogP contribution in [0.4, 0.5) is 15.8 Å². The average Bonchev–Trinajstić information content (AvgIpc) is 3.63. The standard InChI is InChI=1S/C50H50FN7O9/c1-5-29-12-16-38-35(21-29)46(61)45(28(2)57(38)3)48(63)55-32-14-18-40(36(51)23-32)67-49-34-24-41(65-4)42(25-37(34)52-27-53-49)66-20-10-8-6-7-9-11-43(59)54-31-13-15-33-30(22-31)26-58(50(33)64)39-17-19-44(60)56-47(39)62/h12-16,18,21-25,27,39H,5-11,17,19-20,26H2,1-4H3,(H,54,59)(H,55,63)(H,56,60,62). The summed E-state index contributed by atoms with van der Waals surface area (Å²) in [4.78, 5) is 86.7. The van der Waals surface area contributed by atoms with Gasteiger partial charge >= 0.3 is 0 Å². The first-order valence-corrected chi connectivity index (χ1v) is 22.3. The molecular formula is C50H50FN7O9. The fourth-order valence-electron chi connectivity index (χ4n) is 8.52. The van der Waals surface area contributed by atoms with E-state index in [4.69, 9.17) is 14.2 Å². The lowest BCUT2D eigenvalue weighted by molar-refractivity contribution is -0.137. The molecule has 4 heterocycles. The number of hydrogen-bond donors (Lipinski definition) is 3. The van der Waals surface area contributed by atoms with Crippen molar-refractivity contribution in [3.63, 3.8) is 0 Å². The Morgan fingerprint density at radius 2 is 1.64 bits per heavy atom. The minimum absolute atomic E-state index is 0.0243. The fraction of sp³-hybridized carbons (Fsp3) is 0.320. The first-order valence-electron chi connectivity index (χ1n) is 22.3. The van der Waals surface area contributed by atoms with Crippen LogP contribution in [0.3, 0.4) is 0 Å². The number of carbonyl (C=O) groups excluding carboxylic acids is 5. The molecular weight excluding hydrogens is 862 g/mol. The molecule has 2 aromatic heterocycles. The maximum absolute atomic E-state index is 15.5. The van der Waals surface area contributed by atoms with Crippen LogP contribution >= 0.6 is 0 Å². The number of benzene rings is 4. The summed E-state index contributed by atoms with van der Waals surface area (Å²) in [6.45, 7) is 4.32. The van der Waals surface area contributed by atoms with E-state index in [-0.39, 0.29) is 60.0 Å². The van der Waals surface area contributed by atoms with E-state index in [1.54, 1.807) is 54.9 Å². The normalized spacial score (nSPS) is 14.6. The van der Waals surface area contributed by atoms with Crippen molar-refractivity contribution in [1.29, 1.82) is 0 Å². The number of halogens is 1. The highest BCUT2D eigenvalue weighted by Crippen LogP contribution is 2.37. The topological polar surface area (TPSA) is 200 Å². The predicted molar refractivity (Wildman–Crippen MR) is 248 cm³/mol. The Balaban J connectivity index is 0.798. The molecule has 3 N–H and O–H groups in total. The summed E-state index contributed by atoms with van der Waals surface area (Å²) in [5.74, 6) is -1.84. The summed E-state index contributed by atoms with van der Waals surface area (Å²) >= 11 is 0. The van der Waals surface area contributed by atoms with Gasteiger partial charge in [-0.25, -0.2) is 14.4 Å². The van der Waals surface area contributed by atoms with Gasteiger partial charge in [0.1, 0.15) is 17.9 Å². The zero-order valence-corrected chi connectivity index (χ0v) is 37.6. The van der Waals surface area contributed by atoms with E-state index >= 15 is 4.39 Å². The number of unbranched alkanes of at least 4 members (excludes halogenated alkanes) is 4. The second-order valence-corrected chi connectivity index (χ2v) is 16.6. The number of nitrogens with zero attached hydrogens (tertiary/aromatic N) is 4. The van der Waals surface area contributed by atoms with Crippen molar-refractivity contribution in [3.05, 3.63) is 117 Å². The monoisotopic (exact) mass is 911 g/mol. The third-order valence-electron chi connectivity index (χ3n) is 12.3. The predicted octanol–water partition coefficient (Wildman–Crippen LogP) is 7.66. The number of imide groups is 1. The van der Waals surface area contributed by atoms with Crippen LogP contribution in [0.15, 0.2) is 77.9 Å². The number of anilines is 2. The van der Waals surface area contributed by atoms with E-state index < -0.39 is 29.1 Å². The van der Waals surface area contributed by atoms with Gasteiger partial charge in [0.25, 0.3) is 11.8 Å². The Morgan fingerprint density at radius 1 is 0.866 bits per heavy atom. The van der Waals surface area contributed by atoms with Crippen LogP contribution < -0.4 is 35.6 Å². The SMILES string of the molecule is CCc1ccc2c(c1)c(=O)c(C(=O)Nc1ccc(Oc3ncnc4cc(OCCCCCCCC(=O)Nc5ccc6c(c5)CN(C5CCC(=O)NC5=O)C6=O)c(OC)cc34)c(F)c1)c(C)n2C. The third kappa shape index (κ3) is 9.81. The number of nitrogens with one attached hydrogen (secondary N) is 3. The first kappa shape index (κ1) is 45.9. The van der Waals surface area contributed by atoms with Gasteiger partial charge in [0, 0.05) is 66.6 Å². The van der Waals surface area contributed by atoms with Gasteiger partial charge in [-0.05, 0) is 92.3 Å². The van der Waals surface area contributed by atoms with Crippen LogP contribution in [-0.2, 0) is 34.4 Å². The number of aromatic nitrogens is 3. The lowest BCUT2D eigenvalue weighted by Crippen LogP contribution is -2.52. The molecule has 1 unspecified atom stereocenters. The number of aryl methyl sites for hydroxylation is 2. The van der Waals surface area contributed by atoms with Crippen LogP contribution in [0.1, 0.15) is 95.8 Å². The molecule has 5 amide bonds. The van der Waals surface area contributed by atoms with Crippen LogP contribution in [0.25, 0.3) is 21.8 Å². The van der Waals surface area contributed by atoms with Gasteiger partial charge in [-0.3, -0.25) is 34.1 Å². The second kappa shape index (κ2) is 19.8. The second-order valence-electron chi connectivity index (χ2n) is 16.6. The highest BCUT2D eigenvalue weighted by Gasteiger charge is 2.39. The van der Waals surface area contributed by atoms with Crippen molar-refractivity contribution < 1.29 is 42.6 Å². The summed E-state index contributed by atoms with van der Waals surface area (Å²) in [5, 5.41) is 8.76. The number of piperidine rings is 1. The van der Waals surface area contributed by atoms with E-state index in [9.17, 15) is 28.8 Å². The molecule has 67 heavy (non-hydrogen) atoms. The minimum Gasteiger partial charge on any atom is -0.493 e. The van der Waals surface area contributed by atoms with Crippen LogP contribution in [-0.4, -0.2) is 68.7 Å². The molecule has 1 atom stereocenters. The Kier molecular flexibility index (Phi) is 13.6. The number of amides is 5. The molecule has 0 spiro atoms. The van der Waals surface area contributed by atoms with E-state index in [1.807, 2.05) is 19.1 Å². The van der Waals surface area contributed by atoms with Gasteiger partial charge in [0.05, 0.1) is 30.1 Å². The molecule has 8 rings (SSSR count). The van der Waals surface area contributed by atoms with Gasteiger partial charge < -0.3 is 34.3 Å². The van der Waals surface area contributed by atoms with Gasteiger partial charge in [-0.15, -0.1) is 0 Å². The maximum atomic E-state index is 15.5. The maximum Gasteiger partial charge on any atom is 0.261 e. The third-order valence-corrected chi connectivity index (χ3v) is 12.3. The summed E-state index contributed by atoms with van der Waals surface area (Å²) in [6, 6.07) is 17.3. The molecule has 6 aromatic rings. The lowest BCUT2D eigenvalue weighted by Gasteiger charge is -2.29. The van der Waals surface area contributed by atoms with Crippen molar-refractivity contribution >= 4 is 62.7 Å². The van der Waals surface area contributed by atoms with Crippen molar-refractivity contribution in [2.24, 2.45) is 7.05 Å². The van der Waals surface area contributed by atoms with E-state index in [2.05, 4.69) is 25.9 Å². The minimum atomic E-state index is -0.770. The zero-order chi connectivity index (χ0) is 47.4. The molecule has 1 saturated heterocycles. The Labute approximate surface area is 384 Å². The molecule has 2 aliphatic heterocycles. The van der Waals surface area contributed by atoms with Crippen LogP contribution in [0.2, 0.25) is 0 Å². The molecule has 4 aromatic carbocycles. The van der Waals surface area contributed by atoms with Crippen LogP contribution in [0.5, 0.6) is 23.1 Å². The van der Waals surface area contributed by atoms with E-state index in [0.717, 1.165) is 49.3 Å². The van der Waals surface area contributed by atoms with Crippen molar-refractivity contribution in [3.8, 4) is 23.1 Å². The Morgan fingerprint density at radius 3 is 2.42 bits per heavy atom. The Bertz CT molecular complexity index is 3030. The number of fused-ring (bicyclic) bond motifs is 3. The smallest absolute Gasteiger partial charge is 0.261 e. The molecule has 16 nitrogen and oxygen atoms in total. The number of ether oxygens (including phenoxy) is 3. The molecule has 0 bridgehead atoms. The largest absolute Gasteiger partial charge is 0.493 e. The highest BCUT2D eigenvalue weighted by atomic mass is 19.1. The molecule has 346 valence electrons. The average molecular weight is 912 g/mol. The molecule has 1 fully saturated rings.